The van der Waals surface area contributed by atoms with E-state index >= 15 is 0 Å². The van der Waals surface area contributed by atoms with Gasteiger partial charge in [0.25, 0.3) is 16.1 Å². The Morgan fingerprint density at radius 1 is 1.03 bits per heavy atom. The van der Waals surface area contributed by atoms with Crippen LogP contribution >= 0.6 is 0 Å². The number of nitrogens with one attached hydrogen (secondary N) is 1. The zero-order valence-corrected chi connectivity index (χ0v) is 19.9. The van der Waals surface area contributed by atoms with Gasteiger partial charge in [0, 0.05) is 51.4 Å². The van der Waals surface area contributed by atoms with Crippen LogP contribution in [0.4, 0.5) is 0 Å². The lowest BCUT2D eigenvalue weighted by Crippen LogP contribution is -2.57. The second-order valence-corrected chi connectivity index (χ2v) is 11.6. The van der Waals surface area contributed by atoms with E-state index in [2.05, 4.69) is 11.3 Å². The third-order valence-electron chi connectivity index (χ3n) is 5.39. The largest absolute Gasteiger partial charge is 0.373 e. The summed E-state index contributed by atoms with van der Waals surface area (Å²) in [5, 5.41) is 0. The topological polar surface area (TPSA) is 116 Å². The number of ether oxygens (including phenoxy) is 1. The van der Waals surface area contributed by atoms with Crippen LogP contribution in [0.5, 0.6) is 0 Å². The van der Waals surface area contributed by atoms with Crippen molar-refractivity contribution in [2.75, 3.05) is 45.8 Å². The van der Waals surface area contributed by atoms with Crippen LogP contribution in [0.2, 0.25) is 0 Å². The number of carbonyl (C=O) groups excluding carboxylic acids is 1. The molecule has 3 rings (SSSR count). The summed E-state index contributed by atoms with van der Waals surface area (Å²) in [6.07, 6.45) is 1.10. The number of piperazine rings is 1. The van der Waals surface area contributed by atoms with E-state index in [1.807, 2.05) is 13.8 Å². The van der Waals surface area contributed by atoms with Crippen molar-refractivity contribution in [3.8, 4) is 0 Å². The Morgan fingerprint density at radius 2 is 1.59 bits per heavy atom. The molecule has 1 amide bonds. The van der Waals surface area contributed by atoms with Gasteiger partial charge in [0.1, 0.15) is 0 Å². The molecule has 2 aliphatic heterocycles. The van der Waals surface area contributed by atoms with Crippen molar-refractivity contribution < 1.29 is 26.4 Å². The van der Waals surface area contributed by atoms with Gasteiger partial charge >= 0.3 is 0 Å². The quantitative estimate of drug-likeness (QED) is 0.553. The van der Waals surface area contributed by atoms with Gasteiger partial charge in [-0.3, -0.25) is 4.79 Å². The molecule has 178 valence electrons. The molecule has 0 bridgehead atoms. The molecule has 2 saturated heterocycles. The number of hydrogen-bond donors (Lipinski definition) is 1. The number of sulfonamides is 1. The van der Waals surface area contributed by atoms with Crippen LogP contribution in [0.1, 0.15) is 24.2 Å². The van der Waals surface area contributed by atoms with E-state index < -0.39 is 20.2 Å². The third-order valence-corrected chi connectivity index (χ3v) is 8.80. The molecule has 0 radical (unpaired) electrons. The molecule has 1 aromatic rings. The number of amides is 1. The minimum Gasteiger partial charge on any atom is -0.373 e. The molecular weight excluding hydrogens is 456 g/mol. The van der Waals surface area contributed by atoms with E-state index in [0.29, 0.717) is 18.7 Å². The van der Waals surface area contributed by atoms with Crippen molar-refractivity contribution >= 4 is 26.1 Å². The van der Waals surface area contributed by atoms with Gasteiger partial charge in [0.05, 0.1) is 17.1 Å². The van der Waals surface area contributed by atoms with Crippen LogP contribution in [0.15, 0.2) is 41.8 Å². The first-order valence-corrected chi connectivity index (χ1v) is 13.3. The van der Waals surface area contributed by atoms with Gasteiger partial charge in [0.2, 0.25) is 10.0 Å². The average molecular weight is 487 g/mol. The van der Waals surface area contributed by atoms with E-state index in [1.54, 1.807) is 4.90 Å². The number of morpholine rings is 1. The fraction of sp³-hybridized carbons (Fsp3) is 0.550. The maximum absolute atomic E-state index is 13.0. The van der Waals surface area contributed by atoms with Gasteiger partial charge in [0.15, 0.2) is 0 Å². The van der Waals surface area contributed by atoms with Crippen molar-refractivity contribution in [3.63, 3.8) is 0 Å². The first-order valence-electron chi connectivity index (χ1n) is 10.4. The van der Waals surface area contributed by atoms with Crippen LogP contribution in [0.3, 0.4) is 0 Å². The normalized spacial score (nSPS) is 23.8. The van der Waals surface area contributed by atoms with E-state index in [0.717, 1.165) is 0 Å². The molecule has 0 spiro atoms. The Labute approximate surface area is 190 Å². The minimum atomic E-state index is -3.67. The molecule has 32 heavy (non-hydrogen) atoms. The van der Waals surface area contributed by atoms with Crippen LogP contribution in [0.25, 0.3) is 0 Å². The molecule has 2 heterocycles. The van der Waals surface area contributed by atoms with Crippen molar-refractivity contribution in [2.24, 2.45) is 0 Å². The number of benzene rings is 1. The van der Waals surface area contributed by atoms with Gasteiger partial charge < -0.3 is 9.64 Å². The summed E-state index contributed by atoms with van der Waals surface area (Å²) in [5.41, 5.74) is 0.347. The molecule has 12 heteroatoms. The molecule has 10 nitrogen and oxygen atoms in total. The molecule has 0 saturated carbocycles. The summed E-state index contributed by atoms with van der Waals surface area (Å²) in [5.74, 6) is -0.265. The molecule has 2 atom stereocenters. The molecule has 0 aliphatic carbocycles. The average Bonchev–Trinajstić information content (AvgIpc) is 2.77. The highest BCUT2D eigenvalue weighted by atomic mass is 32.2. The number of carbonyl (C=O) groups is 1. The zero-order valence-electron chi connectivity index (χ0n) is 18.3. The highest BCUT2D eigenvalue weighted by Crippen LogP contribution is 2.20. The monoisotopic (exact) mass is 486 g/mol. The lowest BCUT2D eigenvalue weighted by molar-refractivity contribution is -0.0457. The van der Waals surface area contributed by atoms with Crippen molar-refractivity contribution in [3.05, 3.63) is 42.5 Å². The molecule has 1 N–H and O–H groups in total. The van der Waals surface area contributed by atoms with Crippen LogP contribution < -0.4 is 4.72 Å². The summed E-state index contributed by atoms with van der Waals surface area (Å²) >= 11 is 0. The van der Waals surface area contributed by atoms with Crippen LogP contribution in [-0.4, -0.2) is 94.3 Å². The van der Waals surface area contributed by atoms with E-state index in [9.17, 15) is 21.6 Å². The summed E-state index contributed by atoms with van der Waals surface area (Å²) in [6.45, 7) is 8.81. The molecular formula is C20H30N4O6S2. The lowest BCUT2D eigenvalue weighted by atomic mass is 10.2. The number of rotatable bonds is 7. The fourth-order valence-electron chi connectivity index (χ4n) is 3.82. The van der Waals surface area contributed by atoms with E-state index in [4.69, 9.17) is 4.74 Å². The maximum Gasteiger partial charge on any atom is 0.282 e. The smallest absolute Gasteiger partial charge is 0.282 e. The zero-order chi connectivity index (χ0) is 23.5. The highest BCUT2D eigenvalue weighted by molar-refractivity contribution is 7.89. The predicted octanol–water partition coefficient (Wildman–Crippen LogP) is 0.263. The standard InChI is InChI=1S/C20H30N4O6S2/c1-4-9-21-31(26,27)19-7-5-18(6-8-19)20(25)22-10-12-23(13-11-22)32(28,29)24-14-16(2)30-17(3)15-24/h4-8,16-17,21H,1,9-15H2,2-3H3/t16-,17+. The first kappa shape index (κ1) is 24.8. The first-order chi connectivity index (χ1) is 15.0. The van der Waals surface area contributed by atoms with Crippen LogP contribution in [0, 0.1) is 0 Å². The molecule has 0 aromatic heterocycles. The predicted molar refractivity (Wildman–Crippen MR) is 120 cm³/mol. The summed E-state index contributed by atoms with van der Waals surface area (Å²) < 4.78 is 61.2. The SMILES string of the molecule is C=CCNS(=O)(=O)c1ccc(C(=O)N2CCN(S(=O)(=O)N3C[C@@H](C)O[C@@H](C)C3)CC2)cc1. The maximum atomic E-state index is 13.0. The van der Waals surface area contributed by atoms with Crippen molar-refractivity contribution in [2.45, 2.75) is 31.0 Å². The summed E-state index contributed by atoms with van der Waals surface area (Å²) in [6, 6.07) is 5.68. The van der Waals surface area contributed by atoms with E-state index in [-0.39, 0.29) is 55.7 Å². The van der Waals surface area contributed by atoms with Gasteiger partial charge in [-0.25, -0.2) is 13.1 Å². The molecule has 0 unspecified atom stereocenters. The highest BCUT2D eigenvalue weighted by Gasteiger charge is 2.37. The van der Waals surface area contributed by atoms with Crippen molar-refractivity contribution in [1.82, 2.24) is 18.2 Å². The van der Waals surface area contributed by atoms with Crippen molar-refractivity contribution in [1.29, 1.82) is 0 Å². The molecule has 2 fully saturated rings. The Morgan fingerprint density at radius 3 is 2.12 bits per heavy atom. The minimum absolute atomic E-state index is 0.0563. The Balaban J connectivity index is 1.61. The summed E-state index contributed by atoms with van der Waals surface area (Å²) in [4.78, 5) is 14.5. The molecule has 2 aliphatic rings. The van der Waals surface area contributed by atoms with Crippen LogP contribution in [-0.2, 0) is 25.0 Å². The Kier molecular flexibility index (Phi) is 7.73. The molecule has 1 aromatic carbocycles. The Hall–Kier alpha value is -1.83. The number of hydrogen-bond acceptors (Lipinski definition) is 6. The lowest BCUT2D eigenvalue weighted by Gasteiger charge is -2.40. The van der Waals surface area contributed by atoms with Gasteiger partial charge in [-0.05, 0) is 38.1 Å². The Bertz CT molecular complexity index is 1020. The number of nitrogens with zero attached hydrogens (tertiary/aromatic N) is 3. The fourth-order valence-corrected chi connectivity index (χ4v) is 6.56. The second kappa shape index (κ2) is 9.98. The van der Waals surface area contributed by atoms with E-state index in [1.165, 1.54) is 39.0 Å². The summed E-state index contributed by atoms with van der Waals surface area (Å²) in [7, 11) is -7.29. The van der Waals surface area contributed by atoms with Gasteiger partial charge in [-0.1, -0.05) is 6.08 Å². The third kappa shape index (κ3) is 5.56. The van der Waals surface area contributed by atoms with Gasteiger partial charge in [-0.2, -0.15) is 17.0 Å². The van der Waals surface area contributed by atoms with Gasteiger partial charge in [-0.15, -0.1) is 6.58 Å². The second-order valence-electron chi connectivity index (χ2n) is 7.94.